The molecule has 0 aliphatic carbocycles. The van der Waals surface area contributed by atoms with Crippen molar-refractivity contribution in [3.05, 3.63) is 46.8 Å². The molecule has 0 radical (unpaired) electrons. The first-order valence-corrected chi connectivity index (χ1v) is 10.5. The van der Waals surface area contributed by atoms with Crippen LogP contribution in [-0.2, 0) is 10.0 Å². The van der Waals surface area contributed by atoms with Gasteiger partial charge in [0, 0.05) is 23.9 Å². The third kappa shape index (κ3) is 3.99. The van der Waals surface area contributed by atoms with Gasteiger partial charge in [-0.25, -0.2) is 8.42 Å². The first-order valence-electron chi connectivity index (χ1n) is 8.21. The van der Waals surface area contributed by atoms with E-state index in [4.69, 9.17) is 4.74 Å². The van der Waals surface area contributed by atoms with Gasteiger partial charge < -0.3 is 4.74 Å². The second-order valence-electron chi connectivity index (χ2n) is 6.36. The largest absolute Gasteiger partial charge is 0.493 e. The zero-order valence-corrected chi connectivity index (χ0v) is 15.7. The molecule has 0 saturated carbocycles. The lowest BCUT2D eigenvalue weighted by molar-refractivity contribution is 0.180. The fourth-order valence-electron chi connectivity index (χ4n) is 2.91. The molecule has 2 heterocycles. The highest BCUT2D eigenvalue weighted by atomic mass is 32.2. The number of aryl methyl sites for hydroxylation is 2. The van der Waals surface area contributed by atoms with E-state index in [1.54, 1.807) is 10.4 Å². The minimum Gasteiger partial charge on any atom is -0.493 e. The predicted octanol–water partition coefficient (Wildman–Crippen LogP) is 3.84. The molecule has 1 unspecified atom stereocenters. The van der Waals surface area contributed by atoms with Crippen molar-refractivity contribution in [3.63, 3.8) is 0 Å². The van der Waals surface area contributed by atoms with E-state index >= 15 is 0 Å². The van der Waals surface area contributed by atoms with Crippen molar-refractivity contribution < 1.29 is 13.2 Å². The maximum Gasteiger partial charge on any atom is 0.252 e. The lowest BCUT2D eigenvalue weighted by Gasteiger charge is -2.31. The smallest absolute Gasteiger partial charge is 0.252 e. The number of nitrogens with zero attached hydrogens (tertiary/aromatic N) is 1. The summed E-state index contributed by atoms with van der Waals surface area (Å²) in [7, 11) is -3.37. The fraction of sp³-hybridized carbons (Fsp3) is 0.444. The van der Waals surface area contributed by atoms with Gasteiger partial charge in [-0.2, -0.15) is 4.31 Å². The van der Waals surface area contributed by atoms with Crippen LogP contribution in [0.1, 0.15) is 23.3 Å². The van der Waals surface area contributed by atoms with Gasteiger partial charge in [0.05, 0.1) is 6.61 Å². The van der Waals surface area contributed by atoms with Gasteiger partial charge in [-0.1, -0.05) is 17.7 Å². The van der Waals surface area contributed by atoms with Crippen molar-refractivity contribution in [1.82, 2.24) is 4.31 Å². The molecule has 0 bridgehead atoms. The minimum absolute atomic E-state index is 0.232. The van der Waals surface area contributed by atoms with Gasteiger partial charge in [0.1, 0.15) is 9.96 Å². The third-order valence-corrected chi connectivity index (χ3v) is 7.63. The molecule has 0 spiro atoms. The average Bonchev–Trinajstić information content (AvgIpc) is 3.02. The molecule has 1 aromatic heterocycles. The lowest BCUT2D eigenvalue weighted by atomic mass is 10.0. The molecule has 24 heavy (non-hydrogen) atoms. The summed E-state index contributed by atoms with van der Waals surface area (Å²) in [5.74, 6) is 1.07. The van der Waals surface area contributed by atoms with Crippen molar-refractivity contribution in [2.75, 3.05) is 19.7 Å². The Bertz CT molecular complexity index is 781. The van der Waals surface area contributed by atoms with Crippen molar-refractivity contribution in [1.29, 1.82) is 0 Å². The van der Waals surface area contributed by atoms with Crippen LogP contribution < -0.4 is 4.74 Å². The van der Waals surface area contributed by atoms with Crippen LogP contribution in [0, 0.1) is 19.8 Å². The van der Waals surface area contributed by atoms with Gasteiger partial charge in [0.2, 0.25) is 0 Å². The Kier molecular flexibility index (Phi) is 5.27. The molecule has 1 aromatic carbocycles. The van der Waals surface area contributed by atoms with Gasteiger partial charge in [-0.3, -0.25) is 0 Å². The lowest BCUT2D eigenvalue weighted by Crippen LogP contribution is -2.41. The van der Waals surface area contributed by atoms with Crippen LogP contribution in [0.3, 0.4) is 0 Å². The fourth-order valence-corrected chi connectivity index (χ4v) is 5.90. The number of piperidine rings is 1. The number of hydrogen-bond acceptors (Lipinski definition) is 4. The average molecular weight is 366 g/mol. The van der Waals surface area contributed by atoms with E-state index in [-0.39, 0.29) is 5.92 Å². The van der Waals surface area contributed by atoms with Crippen molar-refractivity contribution >= 4 is 21.4 Å². The van der Waals surface area contributed by atoms with Crippen LogP contribution in [-0.4, -0.2) is 32.4 Å². The molecule has 1 saturated heterocycles. The first-order chi connectivity index (χ1) is 11.4. The first kappa shape index (κ1) is 17.5. The predicted molar refractivity (Wildman–Crippen MR) is 97.2 cm³/mol. The number of sulfonamides is 1. The Hall–Kier alpha value is -1.37. The maximum atomic E-state index is 12.8. The van der Waals surface area contributed by atoms with Gasteiger partial charge in [-0.05, 0) is 51.0 Å². The number of benzene rings is 1. The number of hydrogen-bond donors (Lipinski definition) is 0. The van der Waals surface area contributed by atoms with Crippen LogP contribution in [0.2, 0.25) is 0 Å². The van der Waals surface area contributed by atoms with Crippen LogP contribution in [0.15, 0.2) is 40.6 Å². The van der Waals surface area contributed by atoms with E-state index < -0.39 is 10.0 Å². The number of ether oxygens (including phenoxy) is 1. The molecule has 0 amide bonds. The van der Waals surface area contributed by atoms with E-state index in [1.807, 2.05) is 44.2 Å². The third-order valence-electron chi connectivity index (χ3n) is 4.30. The summed E-state index contributed by atoms with van der Waals surface area (Å²) >= 11 is 1.34. The summed E-state index contributed by atoms with van der Waals surface area (Å²) < 4.78 is 33.4. The molecule has 130 valence electrons. The van der Waals surface area contributed by atoms with Crippen molar-refractivity contribution in [2.45, 2.75) is 30.9 Å². The van der Waals surface area contributed by atoms with E-state index in [2.05, 4.69) is 0 Å². The molecule has 0 N–H and O–H groups in total. The normalized spacial score (nSPS) is 19.3. The summed E-state index contributed by atoms with van der Waals surface area (Å²) in [5, 5.41) is 0. The van der Waals surface area contributed by atoms with Crippen LogP contribution in [0.5, 0.6) is 5.75 Å². The van der Waals surface area contributed by atoms with E-state index in [9.17, 15) is 8.42 Å². The molecule has 3 rings (SSSR count). The molecular formula is C18H23NO3S2. The standard InChI is InChI=1S/C18H23NO3S2/c1-14-5-8-17(9-6-14)22-13-16-4-3-11-19(12-16)24(20,21)18-10-7-15(2)23-18/h5-10,16H,3-4,11-13H2,1-2H3. The topological polar surface area (TPSA) is 46.6 Å². The van der Waals surface area contributed by atoms with E-state index in [1.165, 1.54) is 16.9 Å². The SMILES string of the molecule is Cc1ccc(OCC2CCCN(S(=O)(=O)c3ccc(C)s3)C2)cc1. The molecule has 2 aromatic rings. The van der Waals surface area contributed by atoms with Crippen LogP contribution in [0.4, 0.5) is 0 Å². The molecule has 1 aliphatic rings. The van der Waals surface area contributed by atoms with Gasteiger partial charge in [0.15, 0.2) is 0 Å². The van der Waals surface area contributed by atoms with E-state index in [0.717, 1.165) is 23.5 Å². The highest BCUT2D eigenvalue weighted by molar-refractivity contribution is 7.91. The van der Waals surface area contributed by atoms with Crippen molar-refractivity contribution in [3.8, 4) is 5.75 Å². The number of thiophene rings is 1. The van der Waals surface area contributed by atoms with Crippen LogP contribution >= 0.6 is 11.3 Å². The second-order valence-corrected chi connectivity index (χ2v) is 9.81. The monoisotopic (exact) mass is 365 g/mol. The molecule has 6 heteroatoms. The Morgan fingerprint density at radius 1 is 1.17 bits per heavy atom. The molecule has 1 fully saturated rings. The van der Waals surface area contributed by atoms with Gasteiger partial charge >= 0.3 is 0 Å². The van der Waals surface area contributed by atoms with Gasteiger partial charge in [0.25, 0.3) is 10.0 Å². The van der Waals surface area contributed by atoms with Gasteiger partial charge in [-0.15, -0.1) is 11.3 Å². The maximum absolute atomic E-state index is 12.8. The summed E-state index contributed by atoms with van der Waals surface area (Å²) in [6.07, 6.45) is 1.88. The second kappa shape index (κ2) is 7.25. The summed E-state index contributed by atoms with van der Waals surface area (Å²) in [6, 6.07) is 11.5. The molecular weight excluding hydrogens is 342 g/mol. The quantitative estimate of drug-likeness (QED) is 0.809. The Labute approximate surface area is 148 Å². The highest BCUT2D eigenvalue weighted by Crippen LogP contribution is 2.28. The molecule has 1 atom stereocenters. The molecule has 4 nitrogen and oxygen atoms in total. The Morgan fingerprint density at radius 2 is 1.92 bits per heavy atom. The summed E-state index contributed by atoms with van der Waals surface area (Å²) in [5.41, 5.74) is 1.20. The van der Waals surface area contributed by atoms with E-state index in [0.29, 0.717) is 23.9 Å². The summed E-state index contributed by atoms with van der Waals surface area (Å²) in [6.45, 7) is 5.65. The van der Waals surface area contributed by atoms with Crippen molar-refractivity contribution in [2.24, 2.45) is 5.92 Å². The Morgan fingerprint density at radius 3 is 2.58 bits per heavy atom. The van der Waals surface area contributed by atoms with Crippen LogP contribution in [0.25, 0.3) is 0 Å². The Balaban J connectivity index is 1.62. The molecule has 1 aliphatic heterocycles. The zero-order chi connectivity index (χ0) is 17.2. The summed E-state index contributed by atoms with van der Waals surface area (Å²) in [4.78, 5) is 1.02. The minimum atomic E-state index is -3.37. The highest BCUT2D eigenvalue weighted by Gasteiger charge is 2.31. The number of rotatable bonds is 5. The zero-order valence-electron chi connectivity index (χ0n) is 14.1.